The number of hydrogen-bond acceptors (Lipinski definition) is 3. The van der Waals surface area contributed by atoms with Gasteiger partial charge >= 0.3 is 0 Å². The van der Waals surface area contributed by atoms with Gasteiger partial charge in [-0.15, -0.1) is 0 Å². The summed E-state index contributed by atoms with van der Waals surface area (Å²) in [6.45, 7) is 6.94. The molecule has 0 spiro atoms. The zero-order valence-corrected chi connectivity index (χ0v) is 9.08. The molecular formula is C11H19NO2. The molecule has 1 aromatic heterocycles. The number of aryl methyl sites for hydroxylation is 1. The summed E-state index contributed by atoms with van der Waals surface area (Å²) in [5, 5.41) is 12.3. The highest BCUT2D eigenvalue weighted by Gasteiger charge is 2.11. The van der Waals surface area contributed by atoms with Gasteiger partial charge in [-0.1, -0.05) is 13.8 Å². The van der Waals surface area contributed by atoms with Crippen LogP contribution in [-0.2, 0) is 6.54 Å². The Labute approximate surface area is 85.1 Å². The Balaban J connectivity index is 2.39. The van der Waals surface area contributed by atoms with Crippen molar-refractivity contribution in [2.75, 3.05) is 6.61 Å². The molecule has 0 fully saturated rings. The molecule has 0 unspecified atom stereocenters. The smallest absolute Gasteiger partial charge is 0.117 e. The van der Waals surface area contributed by atoms with E-state index in [4.69, 9.17) is 9.52 Å². The molecule has 14 heavy (non-hydrogen) atoms. The van der Waals surface area contributed by atoms with E-state index < -0.39 is 0 Å². The van der Waals surface area contributed by atoms with Crippen LogP contribution in [0.25, 0.3) is 0 Å². The van der Waals surface area contributed by atoms with Crippen LogP contribution in [0.1, 0.15) is 25.4 Å². The maximum absolute atomic E-state index is 9.09. The van der Waals surface area contributed by atoms with Gasteiger partial charge in [-0.3, -0.25) is 0 Å². The number of aliphatic hydroxyl groups excluding tert-OH is 1. The second-order valence-electron chi connectivity index (χ2n) is 3.93. The highest BCUT2D eigenvalue weighted by atomic mass is 16.3. The molecule has 0 radical (unpaired) electrons. The summed E-state index contributed by atoms with van der Waals surface area (Å²) in [7, 11) is 0. The molecule has 1 aromatic rings. The number of aliphatic hydroxyl groups is 1. The van der Waals surface area contributed by atoms with Crippen LogP contribution < -0.4 is 5.32 Å². The van der Waals surface area contributed by atoms with Gasteiger partial charge in [0.1, 0.15) is 11.5 Å². The number of rotatable bonds is 5. The molecule has 1 heterocycles. The van der Waals surface area contributed by atoms with Gasteiger partial charge in [0.2, 0.25) is 0 Å². The molecule has 1 rings (SSSR count). The maximum Gasteiger partial charge on any atom is 0.117 e. The van der Waals surface area contributed by atoms with E-state index in [0.29, 0.717) is 12.5 Å². The topological polar surface area (TPSA) is 45.4 Å². The van der Waals surface area contributed by atoms with Crippen molar-refractivity contribution in [2.45, 2.75) is 33.4 Å². The fourth-order valence-corrected chi connectivity index (χ4v) is 1.32. The number of nitrogens with one attached hydrogen (secondary N) is 1. The quantitative estimate of drug-likeness (QED) is 0.755. The van der Waals surface area contributed by atoms with Gasteiger partial charge in [0.05, 0.1) is 13.2 Å². The van der Waals surface area contributed by atoms with Crippen molar-refractivity contribution in [1.29, 1.82) is 0 Å². The second-order valence-corrected chi connectivity index (χ2v) is 3.93. The third-order valence-electron chi connectivity index (χ3n) is 2.34. The highest BCUT2D eigenvalue weighted by Crippen LogP contribution is 2.07. The van der Waals surface area contributed by atoms with E-state index in [2.05, 4.69) is 19.2 Å². The normalized spacial score (nSPS) is 13.5. The lowest BCUT2D eigenvalue weighted by molar-refractivity contribution is 0.207. The third kappa shape index (κ3) is 3.16. The molecule has 3 nitrogen and oxygen atoms in total. The van der Waals surface area contributed by atoms with Crippen molar-refractivity contribution in [3.63, 3.8) is 0 Å². The van der Waals surface area contributed by atoms with Crippen molar-refractivity contribution in [3.8, 4) is 0 Å². The Bertz CT molecular complexity index is 268. The van der Waals surface area contributed by atoms with E-state index in [1.54, 1.807) is 0 Å². The van der Waals surface area contributed by atoms with E-state index in [1.165, 1.54) is 0 Å². The van der Waals surface area contributed by atoms with E-state index in [-0.39, 0.29) is 12.6 Å². The largest absolute Gasteiger partial charge is 0.465 e. The van der Waals surface area contributed by atoms with Crippen LogP contribution >= 0.6 is 0 Å². The monoisotopic (exact) mass is 197 g/mol. The van der Waals surface area contributed by atoms with E-state index in [0.717, 1.165) is 11.5 Å². The SMILES string of the molecule is Cc1ccc(CN[C@H](CO)C(C)C)o1. The number of furan rings is 1. The van der Waals surface area contributed by atoms with Gasteiger partial charge < -0.3 is 14.8 Å². The van der Waals surface area contributed by atoms with Gasteiger partial charge in [-0.25, -0.2) is 0 Å². The molecule has 0 aromatic carbocycles. The van der Waals surface area contributed by atoms with Crippen LogP contribution in [0.15, 0.2) is 16.5 Å². The molecule has 0 aliphatic heterocycles. The first-order valence-electron chi connectivity index (χ1n) is 5.03. The van der Waals surface area contributed by atoms with Crippen molar-refractivity contribution in [3.05, 3.63) is 23.7 Å². The van der Waals surface area contributed by atoms with Crippen LogP contribution in [0.2, 0.25) is 0 Å². The van der Waals surface area contributed by atoms with E-state index in [1.807, 2.05) is 19.1 Å². The molecule has 80 valence electrons. The summed E-state index contributed by atoms with van der Waals surface area (Å²) < 4.78 is 5.41. The van der Waals surface area contributed by atoms with Crippen LogP contribution in [0.5, 0.6) is 0 Å². The minimum absolute atomic E-state index is 0.139. The minimum Gasteiger partial charge on any atom is -0.465 e. The van der Waals surface area contributed by atoms with Gasteiger partial charge in [0, 0.05) is 6.04 Å². The van der Waals surface area contributed by atoms with Crippen molar-refractivity contribution in [1.82, 2.24) is 5.32 Å². The van der Waals surface area contributed by atoms with Gasteiger partial charge in [0.25, 0.3) is 0 Å². The molecule has 2 N–H and O–H groups in total. The van der Waals surface area contributed by atoms with Crippen LogP contribution in [0.4, 0.5) is 0 Å². The fraction of sp³-hybridized carbons (Fsp3) is 0.636. The maximum atomic E-state index is 9.09. The molecule has 3 heteroatoms. The first-order valence-corrected chi connectivity index (χ1v) is 5.03. The fourth-order valence-electron chi connectivity index (χ4n) is 1.32. The van der Waals surface area contributed by atoms with Crippen molar-refractivity contribution >= 4 is 0 Å². The average molecular weight is 197 g/mol. The van der Waals surface area contributed by atoms with Crippen molar-refractivity contribution < 1.29 is 9.52 Å². The van der Waals surface area contributed by atoms with E-state index >= 15 is 0 Å². The van der Waals surface area contributed by atoms with Gasteiger partial charge in [0.15, 0.2) is 0 Å². The Hall–Kier alpha value is -0.800. The number of hydrogen-bond donors (Lipinski definition) is 2. The van der Waals surface area contributed by atoms with Gasteiger partial charge in [-0.2, -0.15) is 0 Å². The average Bonchev–Trinajstić information content (AvgIpc) is 2.52. The zero-order valence-electron chi connectivity index (χ0n) is 9.08. The second kappa shape index (κ2) is 5.17. The predicted octanol–water partition coefficient (Wildman–Crippen LogP) is 1.69. The highest BCUT2D eigenvalue weighted by molar-refractivity contribution is 5.05. The molecule has 0 amide bonds. The Morgan fingerprint density at radius 3 is 2.57 bits per heavy atom. The Morgan fingerprint density at radius 1 is 1.43 bits per heavy atom. The lowest BCUT2D eigenvalue weighted by Gasteiger charge is -2.18. The zero-order chi connectivity index (χ0) is 10.6. The summed E-state index contributed by atoms with van der Waals surface area (Å²) in [5.41, 5.74) is 0. The van der Waals surface area contributed by atoms with Crippen LogP contribution in [0, 0.1) is 12.8 Å². The first-order chi connectivity index (χ1) is 6.63. The van der Waals surface area contributed by atoms with Gasteiger partial charge in [-0.05, 0) is 25.0 Å². The van der Waals surface area contributed by atoms with E-state index in [9.17, 15) is 0 Å². The third-order valence-corrected chi connectivity index (χ3v) is 2.34. The van der Waals surface area contributed by atoms with Crippen LogP contribution in [0.3, 0.4) is 0 Å². The molecule has 0 bridgehead atoms. The summed E-state index contributed by atoms with van der Waals surface area (Å²) in [4.78, 5) is 0. The predicted molar refractivity (Wildman–Crippen MR) is 56.0 cm³/mol. The minimum atomic E-state index is 0.139. The molecule has 0 aliphatic carbocycles. The molecule has 1 atom stereocenters. The lowest BCUT2D eigenvalue weighted by atomic mass is 10.1. The molecular weight excluding hydrogens is 178 g/mol. The summed E-state index contributed by atoms with van der Waals surface area (Å²) >= 11 is 0. The van der Waals surface area contributed by atoms with Crippen LogP contribution in [-0.4, -0.2) is 17.8 Å². The molecule has 0 saturated heterocycles. The standard InChI is InChI=1S/C11H19NO2/c1-8(2)11(7-13)12-6-10-5-4-9(3)14-10/h4-5,8,11-13H,6-7H2,1-3H3/t11-/m1/s1. The summed E-state index contributed by atoms with van der Waals surface area (Å²) in [6.07, 6.45) is 0. The summed E-state index contributed by atoms with van der Waals surface area (Å²) in [6, 6.07) is 4.04. The Morgan fingerprint density at radius 2 is 2.14 bits per heavy atom. The summed E-state index contributed by atoms with van der Waals surface area (Å²) in [5.74, 6) is 2.27. The van der Waals surface area contributed by atoms with Crippen molar-refractivity contribution in [2.24, 2.45) is 5.92 Å². The first kappa shape index (κ1) is 11.3. The lowest BCUT2D eigenvalue weighted by Crippen LogP contribution is -2.36. The molecule has 0 aliphatic rings. The molecule has 0 saturated carbocycles. The Kier molecular flexibility index (Phi) is 4.17.